The van der Waals surface area contributed by atoms with E-state index in [9.17, 15) is 9.90 Å². The Bertz CT molecular complexity index is 623. The topological polar surface area (TPSA) is 79.5 Å². The number of aliphatic hydroxyl groups is 1. The van der Waals surface area contributed by atoms with Crippen molar-refractivity contribution >= 4 is 27.5 Å². The molecule has 1 fully saturated rings. The van der Waals surface area contributed by atoms with E-state index in [1.807, 2.05) is 0 Å². The van der Waals surface area contributed by atoms with Gasteiger partial charge in [-0.05, 0) is 34.7 Å². The van der Waals surface area contributed by atoms with E-state index >= 15 is 0 Å². The first kappa shape index (κ1) is 12.6. The highest BCUT2D eigenvalue weighted by atomic mass is 79.9. The van der Waals surface area contributed by atoms with Crippen molar-refractivity contribution in [3.05, 3.63) is 28.6 Å². The predicted molar refractivity (Wildman–Crippen MR) is 71.8 cm³/mol. The van der Waals surface area contributed by atoms with Gasteiger partial charge in [0, 0.05) is 25.0 Å². The van der Waals surface area contributed by atoms with Crippen LogP contribution in [0.15, 0.2) is 22.9 Å². The Labute approximate surface area is 118 Å². The molecular weight excluding hydrogens is 312 g/mol. The fourth-order valence-electron chi connectivity index (χ4n) is 1.90. The number of rotatable bonds is 4. The molecule has 1 aliphatic carbocycles. The van der Waals surface area contributed by atoms with Crippen LogP contribution in [0.1, 0.15) is 23.3 Å². The summed E-state index contributed by atoms with van der Waals surface area (Å²) in [6.45, 7) is 0.272. The van der Waals surface area contributed by atoms with Crippen molar-refractivity contribution in [2.24, 2.45) is 5.92 Å². The number of carbonyl (C=O) groups is 1. The molecule has 0 spiro atoms. The number of hydrogen-bond acceptors (Lipinski definition) is 4. The summed E-state index contributed by atoms with van der Waals surface area (Å²) >= 11 is 3.29. The summed E-state index contributed by atoms with van der Waals surface area (Å²) < 4.78 is 2.33. The monoisotopic (exact) mass is 324 g/mol. The third-order valence-electron chi connectivity index (χ3n) is 3.15. The van der Waals surface area contributed by atoms with Crippen LogP contribution in [0.5, 0.6) is 0 Å². The van der Waals surface area contributed by atoms with Gasteiger partial charge < -0.3 is 10.4 Å². The summed E-state index contributed by atoms with van der Waals surface area (Å²) in [5, 5.41) is 16.5. The molecule has 0 saturated heterocycles. The molecule has 0 bridgehead atoms. The molecule has 6 nitrogen and oxygen atoms in total. The molecule has 1 aliphatic rings. The molecule has 0 aromatic carbocycles. The Balaban J connectivity index is 1.70. The van der Waals surface area contributed by atoms with Crippen LogP contribution in [-0.4, -0.2) is 38.3 Å². The van der Waals surface area contributed by atoms with E-state index in [-0.39, 0.29) is 12.5 Å². The van der Waals surface area contributed by atoms with Crippen LogP contribution >= 0.6 is 15.9 Å². The van der Waals surface area contributed by atoms with Gasteiger partial charge in [-0.25, -0.2) is 9.50 Å². The maximum Gasteiger partial charge on any atom is 0.271 e. The summed E-state index contributed by atoms with van der Waals surface area (Å²) in [6.07, 6.45) is 5.02. The van der Waals surface area contributed by atoms with Crippen molar-refractivity contribution in [2.75, 3.05) is 6.54 Å². The maximum atomic E-state index is 11.9. The van der Waals surface area contributed by atoms with Gasteiger partial charge >= 0.3 is 0 Å². The number of fused-ring (bicyclic) bond motifs is 1. The number of nitrogens with one attached hydrogen (secondary N) is 1. The molecule has 1 unspecified atom stereocenters. The van der Waals surface area contributed by atoms with Gasteiger partial charge in [-0.2, -0.15) is 5.10 Å². The molecule has 1 saturated carbocycles. The average Bonchev–Trinajstić information content (AvgIpc) is 3.15. The van der Waals surface area contributed by atoms with Crippen LogP contribution in [0.4, 0.5) is 0 Å². The van der Waals surface area contributed by atoms with Crippen LogP contribution in [0.2, 0.25) is 0 Å². The molecule has 1 amide bonds. The highest BCUT2D eigenvalue weighted by Gasteiger charge is 2.29. The van der Waals surface area contributed by atoms with E-state index in [1.54, 1.807) is 18.5 Å². The molecule has 2 aromatic rings. The first-order valence-corrected chi connectivity index (χ1v) is 6.90. The van der Waals surface area contributed by atoms with E-state index < -0.39 is 6.10 Å². The van der Waals surface area contributed by atoms with Crippen molar-refractivity contribution in [3.63, 3.8) is 0 Å². The van der Waals surface area contributed by atoms with E-state index in [0.29, 0.717) is 17.3 Å². The minimum atomic E-state index is -0.451. The Morgan fingerprint density at radius 2 is 2.42 bits per heavy atom. The second-order valence-corrected chi connectivity index (χ2v) is 5.64. The highest BCUT2D eigenvalue weighted by Crippen LogP contribution is 2.32. The van der Waals surface area contributed by atoms with Gasteiger partial charge in [0.05, 0.1) is 10.6 Å². The average molecular weight is 325 g/mol. The third kappa shape index (κ3) is 2.76. The van der Waals surface area contributed by atoms with Crippen LogP contribution in [0.25, 0.3) is 5.65 Å². The second kappa shape index (κ2) is 4.90. The van der Waals surface area contributed by atoms with Gasteiger partial charge in [0.1, 0.15) is 0 Å². The first-order valence-electron chi connectivity index (χ1n) is 6.10. The largest absolute Gasteiger partial charge is 0.391 e. The molecule has 0 aliphatic heterocycles. The number of nitrogens with zero attached hydrogens (tertiary/aromatic N) is 3. The highest BCUT2D eigenvalue weighted by molar-refractivity contribution is 9.10. The van der Waals surface area contributed by atoms with Gasteiger partial charge in [0.25, 0.3) is 5.91 Å². The summed E-state index contributed by atoms with van der Waals surface area (Å²) in [5.41, 5.74) is 0.907. The predicted octanol–water partition coefficient (Wildman–Crippen LogP) is 0.992. The van der Waals surface area contributed by atoms with Gasteiger partial charge in [-0.15, -0.1) is 0 Å². The van der Waals surface area contributed by atoms with E-state index in [4.69, 9.17) is 0 Å². The fraction of sp³-hybridized carbons (Fsp3) is 0.417. The van der Waals surface area contributed by atoms with Crippen molar-refractivity contribution < 1.29 is 9.90 Å². The van der Waals surface area contributed by atoms with Crippen molar-refractivity contribution in [3.8, 4) is 0 Å². The maximum absolute atomic E-state index is 11.9. The molecule has 2 aromatic heterocycles. The number of carbonyl (C=O) groups excluding carboxylic acids is 1. The van der Waals surface area contributed by atoms with Crippen LogP contribution < -0.4 is 5.32 Å². The van der Waals surface area contributed by atoms with E-state index in [1.165, 1.54) is 4.52 Å². The lowest BCUT2D eigenvalue weighted by Crippen LogP contribution is -2.33. The molecule has 3 rings (SSSR count). The Morgan fingerprint density at radius 1 is 1.63 bits per heavy atom. The Hall–Kier alpha value is -1.47. The smallest absolute Gasteiger partial charge is 0.271 e. The molecule has 2 N–H and O–H groups in total. The normalized spacial score (nSPS) is 16.5. The summed E-state index contributed by atoms with van der Waals surface area (Å²) in [4.78, 5) is 16.1. The number of amides is 1. The number of halogens is 1. The molecule has 2 heterocycles. The van der Waals surface area contributed by atoms with Crippen LogP contribution in [-0.2, 0) is 0 Å². The lowest BCUT2D eigenvalue weighted by molar-refractivity contribution is 0.0896. The Kier molecular flexibility index (Phi) is 3.24. The minimum absolute atomic E-state index is 0.272. The number of aliphatic hydroxyl groups excluding tert-OH is 1. The lowest BCUT2D eigenvalue weighted by Gasteiger charge is -2.09. The van der Waals surface area contributed by atoms with Gasteiger partial charge in [-0.1, -0.05) is 0 Å². The van der Waals surface area contributed by atoms with Crippen LogP contribution in [0, 0.1) is 5.92 Å². The first-order chi connectivity index (χ1) is 9.13. The molecule has 0 radical (unpaired) electrons. The van der Waals surface area contributed by atoms with Crippen LogP contribution in [0.3, 0.4) is 0 Å². The van der Waals surface area contributed by atoms with E-state index in [2.05, 4.69) is 31.3 Å². The molecular formula is C12H13BrN4O2. The zero-order valence-corrected chi connectivity index (χ0v) is 11.7. The van der Waals surface area contributed by atoms with E-state index in [0.717, 1.165) is 17.3 Å². The van der Waals surface area contributed by atoms with Crippen molar-refractivity contribution in [2.45, 2.75) is 18.9 Å². The second-order valence-electron chi connectivity index (χ2n) is 4.72. The SMILES string of the molecule is O=C(NCC(O)C1CC1)c1cc2ncc(Br)cn2n1. The quantitative estimate of drug-likeness (QED) is 0.879. The van der Waals surface area contributed by atoms with Crippen molar-refractivity contribution in [1.82, 2.24) is 19.9 Å². The number of aromatic nitrogens is 3. The van der Waals surface area contributed by atoms with Gasteiger partial charge in [0.15, 0.2) is 11.3 Å². The molecule has 100 valence electrons. The summed E-state index contributed by atoms with van der Waals surface area (Å²) in [5.74, 6) is 0.0558. The molecule has 19 heavy (non-hydrogen) atoms. The molecule has 1 atom stereocenters. The third-order valence-corrected chi connectivity index (χ3v) is 3.56. The fourth-order valence-corrected chi connectivity index (χ4v) is 2.20. The minimum Gasteiger partial charge on any atom is -0.391 e. The van der Waals surface area contributed by atoms with Gasteiger partial charge in [-0.3, -0.25) is 4.79 Å². The van der Waals surface area contributed by atoms with Crippen molar-refractivity contribution in [1.29, 1.82) is 0 Å². The number of hydrogen-bond donors (Lipinski definition) is 2. The standard InChI is InChI=1S/C12H13BrN4O2/c13-8-4-14-11-3-9(16-17(11)6-8)12(19)15-5-10(18)7-1-2-7/h3-4,6-7,10,18H,1-2,5H2,(H,15,19). The zero-order valence-electron chi connectivity index (χ0n) is 10.1. The lowest BCUT2D eigenvalue weighted by atomic mass is 10.2. The van der Waals surface area contributed by atoms with Gasteiger partial charge in [0.2, 0.25) is 0 Å². The Morgan fingerprint density at radius 3 is 3.16 bits per heavy atom. The zero-order chi connectivity index (χ0) is 13.4. The summed E-state index contributed by atoms with van der Waals surface area (Å²) in [7, 11) is 0. The molecule has 7 heteroatoms. The summed E-state index contributed by atoms with van der Waals surface area (Å²) in [6, 6.07) is 1.62.